The first-order chi connectivity index (χ1) is 5.86. The van der Waals surface area contributed by atoms with Crippen LogP contribution >= 0.6 is 0 Å². The molecular formula is C8H9IN4. The van der Waals surface area contributed by atoms with E-state index >= 15 is 0 Å². The third-order valence-corrected chi connectivity index (χ3v) is 1.61. The van der Waals surface area contributed by atoms with Crippen molar-refractivity contribution in [3.05, 3.63) is 36.9 Å². The Kier molecular flexibility index (Phi) is 3.35. The fourth-order valence-electron chi connectivity index (χ4n) is 0.976. The Bertz CT molecular complexity index is 354. The van der Waals surface area contributed by atoms with Gasteiger partial charge in [0, 0.05) is 12.1 Å². The molecule has 0 saturated carbocycles. The maximum Gasteiger partial charge on any atom is 0.170 e. The minimum absolute atomic E-state index is 0. The summed E-state index contributed by atoms with van der Waals surface area (Å²) in [6, 6.07) is 3.92. The van der Waals surface area contributed by atoms with Gasteiger partial charge in [-0.2, -0.15) is 15.0 Å². The molecule has 4 nitrogen and oxygen atoms in total. The van der Waals surface area contributed by atoms with Gasteiger partial charge in [-0.05, 0) is 0 Å². The third kappa shape index (κ3) is 2.24. The first kappa shape index (κ1) is 10.1. The van der Waals surface area contributed by atoms with E-state index in [-0.39, 0.29) is 24.0 Å². The van der Waals surface area contributed by atoms with Crippen molar-refractivity contribution in [1.82, 2.24) is 15.0 Å². The molecule has 2 aromatic rings. The second kappa shape index (κ2) is 4.31. The highest BCUT2D eigenvalue weighted by molar-refractivity contribution is 5.23. The fourth-order valence-corrected chi connectivity index (χ4v) is 0.976. The molecule has 2 heterocycles. The van der Waals surface area contributed by atoms with Crippen LogP contribution in [0.25, 0.3) is 5.69 Å². The number of hydrogen-bond acceptors (Lipinski definition) is 2. The molecule has 68 valence electrons. The molecular weight excluding hydrogens is 279 g/mol. The Morgan fingerprint density at radius 2 is 1.69 bits per heavy atom. The van der Waals surface area contributed by atoms with E-state index in [1.807, 2.05) is 36.1 Å². The lowest BCUT2D eigenvalue weighted by atomic mass is 10.4. The molecule has 0 spiro atoms. The zero-order valence-corrected chi connectivity index (χ0v) is 9.29. The van der Waals surface area contributed by atoms with Crippen molar-refractivity contribution in [3.63, 3.8) is 0 Å². The van der Waals surface area contributed by atoms with Crippen molar-refractivity contribution in [2.75, 3.05) is 0 Å². The monoisotopic (exact) mass is 288 g/mol. The third-order valence-electron chi connectivity index (χ3n) is 1.61. The largest absolute Gasteiger partial charge is 1.00 e. The summed E-state index contributed by atoms with van der Waals surface area (Å²) >= 11 is 0. The summed E-state index contributed by atoms with van der Waals surface area (Å²) in [7, 11) is 1.97. The van der Waals surface area contributed by atoms with Crippen molar-refractivity contribution >= 4 is 0 Å². The number of nitrogens with zero attached hydrogens (tertiary/aromatic N) is 4. The summed E-state index contributed by atoms with van der Waals surface area (Å²) < 4.78 is 1.97. The number of hydrogen-bond donors (Lipinski definition) is 0. The topological polar surface area (TPSA) is 34.6 Å². The molecule has 2 aromatic heterocycles. The molecule has 0 aliphatic rings. The summed E-state index contributed by atoms with van der Waals surface area (Å²) in [5, 5.41) is 8.02. The molecule has 0 saturated heterocycles. The van der Waals surface area contributed by atoms with Crippen LogP contribution in [0.5, 0.6) is 0 Å². The van der Waals surface area contributed by atoms with Gasteiger partial charge in [0.2, 0.25) is 0 Å². The van der Waals surface area contributed by atoms with Crippen molar-refractivity contribution < 1.29 is 28.5 Å². The van der Waals surface area contributed by atoms with Gasteiger partial charge in [-0.3, -0.25) is 0 Å². The number of aromatic nitrogens is 4. The second-order valence-electron chi connectivity index (χ2n) is 2.54. The summed E-state index contributed by atoms with van der Waals surface area (Å²) in [5.41, 5.74) is 0.970. The molecule has 0 unspecified atom stereocenters. The number of aryl methyl sites for hydroxylation is 1. The molecule has 0 amide bonds. The lowest BCUT2D eigenvalue weighted by molar-refractivity contribution is -0.671. The molecule has 0 radical (unpaired) electrons. The predicted molar refractivity (Wildman–Crippen MR) is 42.5 cm³/mol. The normalized spacial score (nSPS) is 9.31. The molecule has 0 aromatic carbocycles. The Balaban J connectivity index is 0.000000845. The molecule has 0 aliphatic heterocycles. The Morgan fingerprint density at radius 1 is 1.15 bits per heavy atom. The lowest BCUT2D eigenvalue weighted by Crippen LogP contribution is -3.00. The fraction of sp³-hybridized carbons (Fsp3) is 0.125. The van der Waals surface area contributed by atoms with Crippen LogP contribution in [0.2, 0.25) is 0 Å². The van der Waals surface area contributed by atoms with Crippen molar-refractivity contribution in [1.29, 1.82) is 0 Å². The van der Waals surface area contributed by atoms with Crippen LogP contribution in [0, 0.1) is 0 Å². The maximum atomic E-state index is 4.01. The van der Waals surface area contributed by atoms with E-state index in [4.69, 9.17) is 0 Å². The SMILES string of the molecule is C[n+]1ccc(-n2nccn2)cc1.[I-]. The van der Waals surface area contributed by atoms with E-state index < -0.39 is 0 Å². The summed E-state index contributed by atoms with van der Waals surface area (Å²) in [6.07, 6.45) is 7.23. The van der Waals surface area contributed by atoms with Crippen molar-refractivity contribution in [2.45, 2.75) is 0 Å². The summed E-state index contributed by atoms with van der Waals surface area (Å²) in [6.45, 7) is 0. The van der Waals surface area contributed by atoms with E-state index in [0.717, 1.165) is 5.69 Å². The molecule has 2 rings (SSSR count). The zero-order chi connectivity index (χ0) is 8.39. The van der Waals surface area contributed by atoms with E-state index in [2.05, 4.69) is 10.2 Å². The highest BCUT2D eigenvalue weighted by atomic mass is 127. The first-order valence-electron chi connectivity index (χ1n) is 3.68. The number of rotatable bonds is 1. The van der Waals surface area contributed by atoms with Gasteiger partial charge in [0.1, 0.15) is 7.05 Å². The Hall–Kier alpha value is -0.980. The Labute approximate surface area is 93.2 Å². The lowest BCUT2D eigenvalue weighted by Gasteiger charge is -1.95. The smallest absolute Gasteiger partial charge is 0.170 e. The van der Waals surface area contributed by atoms with Crippen LogP contribution in [-0.4, -0.2) is 15.0 Å². The minimum Gasteiger partial charge on any atom is -1.00 e. The number of halogens is 1. The predicted octanol–water partition coefficient (Wildman–Crippen LogP) is -2.90. The Morgan fingerprint density at radius 3 is 2.23 bits per heavy atom. The van der Waals surface area contributed by atoms with Gasteiger partial charge in [0.25, 0.3) is 0 Å². The van der Waals surface area contributed by atoms with Gasteiger partial charge in [-0.25, -0.2) is 4.57 Å². The van der Waals surface area contributed by atoms with Crippen LogP contribution in [0.1, 0.15) is 0 Å². The van der Waals surface area contributed by atoms with Gasteiger partial charge < -0.3 is 24.0 Å². The molecule has 0 atom stereocenters. The molecule has 0 fully saturated rings. The highest BCUT2D eigenvalue weighted by Gasteiger charge is 1.98. The molecule has 5 heteroatoms. The van der Waals surface area contributed by atoms with Gasteiger partial charge in [0.05, 0.1) is 18.1 Å². The summed E-state index contributed by atoms with van der Waals surface area (Å²) in [5.74, 6) is 0. The van der Waals surface area contributed by atoms with Crippen LogP contribution in [0.3, 0.4) is 0 Å². The maximum absolute atomic E-state index is 4.01. The average Bonchev–Trinajstić information content (AvgIpc) is 2.58. The van der Waals surface area contributed by atoms with Crippen molar-refractivity contribution in [3.8, 4) is 5.69 Å². The van der Waals surface area contributed by atoms with Gasteiger partial charge in [-0.1, -0.05) is 0 Å². The van der Waals surface area contributed by atoms with Crippen LogP contribution in [0.4, 0.5) is 0 Å². The molecule has 13 heavy (non-hydrogen) atoms. The number of pyridine rings is 1. The molecule has 0 N–H and O–H groups in total. The average molecular weight is 288 g/mol. The van der Waals surface area contributed by atoms with Crippen LogP contribution in [-0.2, 0) is 7.05 Å². The van der Waals surface area contributed by atoms with Gasteiger partial charge in [0.15, 0.2) is 12.4 Å². The zero-order valence-electron chi connectivity index (χ0n) is 7.13. The molecule has 0 aliphatic carbocycles. The van der Waals surface area contributed by atoms with Crippen LogP contribution < -0.4 is 28.5 Å². The van der Waals surface area contributed by atoms with Crippen LogP contribution in [0.15, 0.2) is 36.9 Å². The first-order valence-corrected chi connectivity index (χ1v) is 3.68. The molecule has 0 bridgehead atoms. The standard InChI is InChI=1S/C8H9N4.HI/c1-11-6-2-8(3-7-11)12-9-4-5-10-12;/h2-7H,1H3;1H/q+1;/p-1. The highest BCUT2D eigenvalue weighted by Crippen LogP contribution is 1.98. The van der Waals surface area contributed by atoms with E-state index in [1.54, 1.807) is 17.2 Å². The van der Waals surface area contributed by atoms with E-state index in [1.165, 1.54) is 0 Å². The second-order valence-corrected chi connectivity index (χ2v) is 2.54. The minimum atomic E-state index is 0. The van der Waals surface area contributed by atoms with Gasteiger partial charge >= 0.3 is 0 Å². The van der Waals surface area contributed by atoms with Gasteiger partial charge in [-0.15, -0.1) is 0 Å². The van der Waals surface area contributed by atoms with E-state index in [9.17, 15) is 0 Å². The summed E-state index contributed by atoms with van der Waals surface area (Å²) in [4.78, 5) is 1.58. The van der Waals surface area contributed by atoms with Crippen molar-refractivity contribution in [2.24, 2.45) is 7.05 Å². The van der Waals surface area contributed by atoms with E-state index in [0.29, 0.717) is 0 Å². The quantitative estimate of drug-likeness (QED) is 0.417.